The van der Waals surface area contributed by atoms with Crippen LogP contribution in [0.15, 0.2) is 39.5 Å². The Hall–Kier alpha value is -1.57. The highest BCUT2D eigenvalue weighted by molar-refractivity contribution is 5.75. The lowest BCUT2D eigenvalue weighted by atomic mass is 10.2. The molecule has 0 spiro atoms. The number of aryl methyl sites for hydroxylation is 1. The molecule has 0 amide bonds. The Kier molecular flexibility index (Phi) is 1.24. The highest BCUT2D eigenvalue weighted by Crippen LogP contribution is 2.10. The van der Waals surface area contributed by atoms with Gasteiger partial charge in [0.2, 0.25) is 0 Å². The van der Waals surface area contributed by atoms with Crippen molar-refractivity contribution in [2.24, 2.45) is 0 Å². The summed E-state index contributed by atoms with van der Waals surface area (Å²) >= 11 is 0. The first kappa shape index (κ1) is 6.00. The molecule has 0 aliphatic carbocycles. The van der Waals surface area contributed by atoms with Gasteiger partial charge in [0.15, 0.2) is 5.43 Å². The minimum atomic E-state index is -0.0900. The number of rotatable bonds is 0. The predicted molar refractivity (Wildman–Crippen MR) is 47.2 cm³/mol. The van der Waals surface area contributed by atoms with E-state index in [1.54, 1.807) is 25.1 Å². The van der Waals surface area contributed by atoms with E-state index in [0.29, 0.717) is 16.7 Å². The van der Waals surface area contributed by atoms with Gasteiger partial charge in [-0.05, 0) is 19.0 Å². The van der Waals surface area contributed by atoms with Gasteiger partial charge in [-0.2, -0.15) is 0 Å². The maximum atomic E-state index is 11.4. The van der Waals surface area contributed by atoms with Crippen molar-refractivity contribution in [1.82, 2.24) is 0 Å². The van der Waals surface area contributed by atoms with E-state index in [1.807, 2.05) is 0 Å². The Labute approximate surface area is 70.8 Å². The van der Waals surface area contributed by atoms with E-state index in [2.05, 4.69) is 0 Å². The molecule has 0 radical (unpaired) electrons. The molecule has 0 aliphatic rings. The average molecular weight is 161 g/mol. The first-order valence-corrected chi connectivity index (χ1v) is 3.68. The Morgan fingerprint density at radius 2 is 2.33 bits per heavy atom. The molecule has 0 saturated heterocycles. The molecule has 0 fully saturated rings. The van der Waals surface area contributed by atoms with Crippen molar-refractivity contribution >= 4 is 11.0 Å². The van der Waals surface area contributed by atoms with Crippen molar-refractivity contribution in [2.45, 2.75) is 6.92 Å². The maximum Gasteiger partial charge on any atom is 0.192 e. The highest BCUT2D eigenvalue weighted by atomic mass is 16.3. The van der Waals surface area contributed by atoms with Crippen LogP contribution in [0.3, 0.4) is 0 Å². The van der Waals surface area contributed by atoms with Crippen LogP contribution in [-0.2, 0) is 0 Å². The van der Waals surface area contributed by atoms with Crippen LogP contribution >= 0.6 is 0 Å². The van der Waals surface area contributed by atoms with Gasteiger partial charge in [0.25, 0.3) is 0 Å². The van der Waals surface area contributed by atoms with E-state index in [0.717, 1.165) is 0 Å². The number of fused-ring (bicyclic) bond motifs is 1. The monoisotopic (exact) mass is 161 g/mol. The maximum absolute atomic E-state index is 11.4. The molecule has 12 heavy (non-hydrogen) atoms. The molecule has 2 rings (SSSR count). The summed E-state index contributed by atoms with van der Waals surface area (Å²) in [7, 11) is 0. The first-order valence-electron chi connectivity index (χ1n) is 4.18. The molecule has 60 valence electrons. The van der Waals surface area contributed by atoms with Gasteiger partial charge in [-0.3, -0.25) is 4.79 Å². The van der Waals surface area contributed by atoms with Gasteiger partial charge >= 0.3 is 0 Å². The van der Waals surface area contributed by atoms with Gasteiger partial charge in [0, 0.05) is 6.07 Å². The van der Waals surface area contributed by atoms with Crippen LogP contribution in [0.4, 0.5) is 0 Å². The van der Waals surface area contributed by atoms with Crippen LogP contribution in [0, 0.1) is 6.92 Å². The molecular weight excluding hydrogens is 152 g/mol. The Morgan fingerprint density at radius 1 is 1.50 bits per heavy atom. The molecule has 0 unspecified atom stereocenters. The zero-order valence-corrected chi connectivity index (χ0v) is 6.63. The summed E-state index contributed by atoms with van der Waals surface area (Å²) in [5, 5.41) is 0.470. The lowest BCUT2D eigenvalue weighted by Gasteiger charge is -1.96. The minimum Gasteiger partial charge on any atom is -0.461 e. The van der Waals surface area contributed by atoms with Crippen LogP contribution in [0.5, 0.6) is 0 Å². The van der Waals surface area contributed by atoms with Crippen LogP contribution in [0.25, 0.3) is 11.0 Å². The Bertz CT molecular complexity index is 514. The number of hydrogen-bond acceptors (Lipinski definition) is 2. The van der Waals surface area contributed by atoms with Crippen molar-refractivity contribution in [3.05, 3.63) is 46.3 Å². The fraction of sp³-hybridized carbons (Fsp3) is 0.100. The summed E-state index contributed by atoms with van der Waals surface area (Å²) in [4.78, 5) is 11.4. The molecule has 0 bridgehead atoms. The van der Waals surface area contributed by atoms with Crippen LogP contribution in [0.1, 0.15) is 7.13 Å². The second-order valence-corrected chi connectivity index (χ2v) is 2.63. The van der Waals surface area contributed by atoms with Crippen molar-refractivity contribution in [2.75, 3.05) is 0 Å². The van der Waals surface area contributed by atoms with Crippen LogP contribution < -0.4 is 5.43 Å². The minimum absolute atomic E-state index is 0.0900. The Morgan fingerprint density at radius 3 is 3.17 bits per heavy atom. The summed E-state index contributed by atoms with van der Waals surface area (Å²) < 4.78 is 12.8. The summed E-state index contributed by atoms with van der Waals surface area (Å²) in [6.07, 6.45) is 0. The molecule has 2 nitrogen and oxygen atoms in total. The normalized spacial score (nSPS) is 11.6. The van der Waals surface area contributed by atoms with E-state index in [4.69, 9.17) is 5.79 Å². The second kappa shape index (κ2) is 2.48. The van der Waals surface area contributed by atoms with E-state index in [9.17, 15) is 4.79 Å². The smallest absolute Gasteiger partial charge is 0.192 e. The molecule has 1 aromatic heterocycles. The van der Waals surface area contributed by atoms with Crippen LogP contribution in [-0.4, -0.2) is 0 Å². The lowest BCUT2D eigenvalue weighted by Crippen LogP contribution is -1.99. The number of benzene rings is 1. The van der Waals surface area contributed by atoms with Gasteiger partial charge in [-0.25, -0.2) is 0 Å². The SMILES string of the molecule is [2H]c1cccc2c(=O)cc(C)oc12. The molecule has 0 N–H and O–H groups in total. The second-order valence-electron chi connectivity index (χ2n) is 2.63. The Balaban J connectivity index is 3.03. The third kappa shape index (κ3) is 1.01. The molecule has 1 aromatic carbocycles. The van der Waals surface area contributed by atoms with Crippen LogP contribution in [0.2, 0.25) is 0 Å². The highest BCUT2D eigenvalue weighted by Gasteiger charge is 1.98. The molecule has 2 heteroatoms. The third-order valence-corrected chi connectivity index (χ3v) is 1.68. The van der Waals surface area contributed by atoms with Crippen molar-refractivity contribution < 1.29 is 5.79 Å². The fourth-order valence-electron chi connectivity index (χ4n) is 1.15. The number of para-hydroxylation sites is 1. The molecule has 0 atom stereocenters. The van der Waals surface area contributed by atoms with E-state index < -0.39 is 0 Å². The van der Waals surface area contributed by atoms with E-state index in [1.165, 1.54) is 6.07 Å². The molecule has 1 heterocycles. The molecule has 0 saturated carbocycles. The summed E-state index contributed by atoms with van der Waals surface area (Å²) in [5.74, 6) is 0.539. The van der Waals surface area contributed by atoms with E-state index in [-0.39, 0.29) is 11.5 Å². The van der Waals surface area contributed by atoms with Crippen molar-refractivity contribution in [1.29, 1.82) is 0 Å². The molecule has 2 aromatic rings. The average Bonchev–Trinajstić information content (AvgIpc) is 2.07. The van der Waals surface area contributed by atoms with Crippen molar-refractivity contribution in [3.8, 4) is 0 Å². The summed E-state index contributed by atoms with van der Waals surface area (Å²) in [5.41, 5.74) is 0.278. The summed E-state index contributed by atoms with van der Waals surface area (Å²) in [6.45, 7) is 1.70. The predicted octanol–water partition coefficient (Wildman–Crippen LogP) is 2.10. The van der Waals surface area contributed by atoms with Gasteiger partial charge in [-0.1, -0.05) is 12.1 Å². The first-order chi connectivity index (χ1) is 6.18. The van der Waals surface area contributed by atoms with Gasteiger partial charge < -0.3 is 4.42 Å². The standard InChI is InChI=1S/C10H8O2/c1-7-6-9(11)8-4-2-3-5-10(8)12-7/h2-6H,1H3/i5D. The molecular formula is C10H8O2. The fourth-order valence-corrected chi connectivity index (χ4v) is 1.15. The van der Waals surface area contributed by atoms with E-state index >= 15 is 0 Å². The lowest BCUT2D eigenvalue weighted by molar-refractivity contribution is 0.565. The zero-order valence-electron chi connectivity index (χ0n) is 7.63. The van der Waals surface area contributed by atoms with Crippen molar-refractivity contribution in [3.63, 3.8) is 0 Å². The quantitative estimate of drug-likeness (QED) is 0.592. The summed E-state index contributed by atoms with van der Waals surface area (Å²) in [6, 6.07) is 6.63. The molecule has 0 aliphatic heterocycles. The van der Waals surface area contributed by atoms with Gasteiger partial charge in [0.05, 0.1) is 6.76 Å². The van der Waals surface area contributed by atoms with Gasteiger partial charge in [0.1, 0.15) is 11.3 Å². The van der Waals surface area contributed by atoms with Gasteiger partial charge in [-0.15, -0.1) is 0 Å². The zero-order chi connectivity index (χ0) is 9.42. The third-order valence-electron chi connectivity index (χ3n) is 1.68. The number of hydrogen-bond donors (Lipinski definition) is 0. The topological polar surface area (TPSA) is 30.2 Å². The largest absolute Gasteiger partial charge is 0.461 e.